The molecule has 2 aliphatic rings. The molecule has 6 atom stereocenters. The lowest BCUT2D eigenvalue weighted by atomic mass is 9.99. The molecule has 198 valence electrons. The van der Waals surface area contributed by atoms with E-state index in [0.29, 0.717) is 5.84 Å². The highest BCUT2D eigenvalue weighted by molar-refractivity contribution is 7.66. The van der Waals surface area contributed by atoms with Crippen molar-refractivity contribution in [2.45, 2.75) is 24.1 Å². The Morgan fingerprint density at radius 3 is 2.54 bits per heavy atom. The van der Waals surface area contributed by atoms with Crippen molar-refractivity contribution in [1.29, 1.82) is 0 Å². The Labute approximate surface area is 201 Å². The Hall–Kier alpha value is -1.23. The zero-order valence-corrected chi connectivity index (χ0v) is 20.9. The summed E-state index contributed by atoms with van der Waals surface area (Å²) in [5.74, 6) is -0.0461. The summed E-state index contributed by atoms with van der Waals surface area (Å²) < 4.78 is 67.9. The average Bonchev–Trinajstić information content (AvgIpc) is 3.23. The number of halogens is 2. The number of aliphatic hydroxyl groups excluding tert-OH is 1. The molecule has 0 aliphatic carbocycles. The first-order valence-corrected chi connectivity index (χ1v) is 14.2. The Morgan fingerprint density at radius 1 is 1.31 bits per heavy atom. The number of phosphoric acid groups is 3. The van der Waals surface area contributed by atoms with Gasteiger partial charge in [0.1, 0.15) is 29.0 Å². The summed E-state index contributed by atoms with van der Waals surface area (Å²) in [7, 11) is -15.4. The molecule has 3 rings (SSSR count). The number of aliphatic hydroxyl groups is 1. The lowest BCUT2D eigenvalue weighted by Gasteiger charge is -2.30. The minimum Gasteiger partial charge on any atom is -0.387 e. The van der Waals surface area contributed by atoms with E-state index < -0.39 is 60.1 Å². The van der Waals surface area contributed by atoms with Gasteiger partial charge in [-0.05, 0) is 0 Å². The number of aromatic nitrogens is 2. The van der Waals surface area contributed by atoms with Crippen LogP contribution in [-0.2, 0) is 31.6 Å². The Balaban J connectivity index is 1.81. The highest BCUT2D eigenvalue weighted by Crippen LogP contribution is 2.66. The van der Waals surface area contributed by atoms with E-state index in [2.05, 4.69) is 40.3 Å². The van der Waals surface area contributed by atoms with E-state index >= 15 is 4.39 Å². The summed E-state index contributed by atoms with van der Waals surface area (Å²) in [5.41, 5.74) is -1.93. The van der Waals surface area contributed by atoms with Gasteiger partial charge >= 0.3 is 23.5 Å². The molecule has 7 N–H and O–H groups in total. The molecule has 0 saturated carbocycles. The van der Waals surface area contributed by atoms with Crippen LogP contribution in [0.25, 0.3) is 0 Å². The monoisotopic (exact) mass is 585 g/mol. The third-order valence-electron chi connectivity index (χ3n) is 4.62. The largest absolute Gasteiger partial charge is 0.490 e. The third kappa shape index (κ3) is 6.19. The van der Waals surface area contributed by atoms with Gasteiger partial charge in [-0.25, -0.2) is 28.1 Å². The van der Waals surface area contributed by atoms with E-state index in [0.717, 1.165) is 4.57 Å². The van der Waals surface area contributed by atoms with Crippen molar-refractivity contribution in [3.05, 3.63) is 24.4 Å². The maximum absolute atomic E-state index is 15.2. The van der Waals surface area contributed by atoms with E-state index in [1.807, 2.05) is 0 Å². The number of imidazole rings is 1. The van der Waals surface area contributed by atoms with E-state index in [4.69, 9.17) is 26.1 Å². The van der Waals surface area contributed by atoms with Gasteiger partial charge in [0.25, 0.3) is 0 Å². The molecule has 3 heterocycles. The van der Waals surface area contributed by atoms with Gasteiger partial charge in [0.05, 0.1) is 18.8 Å². The maximum Gasteiger partial charge on any atom is 0.490 e. The Morgan fingerprint density at radius 2 is 1.97 bits per heavy atom. The van der Waals surface area contributed by atoms with E-state index in [1.54, 1.807) is 7.05 Å². The smallest absolute Gasteiger partial charge is 0.387 e. The fraction of sp³-hybridized carbons (Fsp3) is 0.538. The lowest BCUT2D eigenvalue weighted by molar-refractivity contribution is -0.111. The van der Waals surface area contributed by atoms with Crippen LogP contribution in [0.1, 0.15) is 11.9 Å². The second-order valence-electron chi connectivity index (χ2n) is 7.09. The summed E-state index contributed by atoms with van der Waals surface area (Å²) in [4.78, 5) is 44.3. The zero-order chi connectivity index (χ0) is 26.4. The molecule has 35 heavy (non-hydrogen) atoms. The number of rotatable bonds is 9. The summed E-state index contributed by atoms with van der Waals surface area (Å²) in [6.07, 6.45) is -4.68. The second kappa shape index (κ2) is 9.91. The summed E-state index contributed by atoms with van der Waals surface area (Å²) in [5, 5.41) is 16.1. The molecular weight excluding hydrogens is 566 g/mol. The number of nitrogens with one attached hydrogen (secondary N) is 2. The minimum absolute atomic E-state index is 0.175. The van der Waals surface area contributed by atoms with Gasteiger partial charge < -0.3 is 40.1 Å². The van der Waals surface area contributed by atoms with Crippen LogP contribution in [-0.4, -0.2) is 77.5 Å². The molecule has 0 spiro atoms. The van der Waals surface area contributed by atoms with Gasteiger partial charge in [-0.3, -0.25) is 9.09 Å². The van der Waals surface area contributed by atoms with Crippen LogP contribution in [0.4, 0.5) is 10.2 Å². The Bertz CT molecular complexity index is 1180. The summed E-state index contributed by atoms with van der Waals surface area (Å²) in [6.45, 7) is 2.50. The number of amidine groups is 1. The fourth-order valence-electron chi connectivity index (χ4n) is 3.17. The van der Waals surface area contributed by atoms with Crippen molar-refractivity contribution in [2.24, 2.45) is 4.99 Å². The first-order valence-electron chi connectivity index (χ1n) is 9.17. The van der Waals surface area contributed by atoms with Crippen molar-refractivity contribution in [1.82, 2.24) is 14.9 Å². The normalized spacial score (nSPS) is 30.1. The van der Waals surface area contributed by atoms with Crippen molar-refractivity contribution in [3.8, 4) is 0 Å². The number of aliphatic imine (C=N–C) groups is 1. The number of alkyl halides is 2. The molecule has 17 nitrogen and oxygen atoms in total. The Kier molecular flexibility index (Phi) is 8.03. The predicted molar refractivity (Wildman–Crippen MR) is 115 cm³/mol. The van der Waals surface area contributed by atoms with Crippen LogP contribution in [0, 0.1) is 0 Å². The molecular formula is C13H20ClFN5O12P3. The van der Waals surface area contributed by atoms with Gasteiger partial charge in [-0.1, -0.05) is 6.58 Å². The van der Waals surface area contributed by atoms with E-state index in [9.17, 15) is 28.6 Å². The highest BCUT2D eigenvalue weighted by atomic mass is 35.5. The first kappa shape index (κ1) is 28.3. The quantitative estimate of drug-likeness (QED) is 0.152. The van der Waals surface area contributed by atoms with Crippen LogP contribution >= 0.6 is 35.1 Å². The van der Waals surface area contributed by atoms with Crippen LogP contribution in [0.3, 0.4) is 0 Å². The number of hydrogen-bond acceptors (Lipinski definition) is 12. The highest BCUT2D eigenvalue weighted by Gasteiger charge is 2.57. The van der Waals surface area contributed by atoms with Gasteiger partial charge in [0.15, 0.2) is 18.2 Å². The number of anilines is 1. The first-order chi connectivity index (χ1) is 16.0. The lowest BCUT2D eigenvalue weighted by Crippen LogP contribution is -2.47. The molecule has 1 aromatic rings. The molecule has 0 amide bonds. The number of fused-ring (bicyclic) bond motifs is 1. The van der Waals surface area contributed by atoms with Gasteiger partial charge in [0, 0.05) is 7.05 Å². The van der Waals surface area contributed by atoms with E-state index in [1.165, 1.54) is 6.33 Å². The van der Waals surface area contributed by atoms with Crippen molar-refractivity contribution in [2.75, 3.05) is 24.9 Å². The predicted octanol–water partition coefficient (Wildman–Crippen LogP) is 0.294. The van der Waals surface area contributed by atoms with Crippen molar-refractivity contribution in [3.63, 3.8) is 0 Å². The second-order valence-corrected chi connectivity index (χ2v) is 11.8. The van der Waals surface area contributed by atoms with Crippen molar-refractivity contribution >= 4 is 46.7 Å². The van der Waals surface area contributed by atoms with Crippen LogP contribution < -0.4 is 10.6 Å². The standard InChI is InChI=1S/C13H20ClFN5O12P3/c1-6-18-10(16-2)8-11(19-6)20(5-17-8)12-7(15)9(21)13(3-14,30-12)4-29-34(25,26)32-35(27,28)31-33(22,23)24/h5,7,9,12,19,21H,1,3-4H2,2H3,(H,16,18)(H,25,26)(H,27,28)(H2,22,23,24)/t7-,9+,12-,13-/m1/s1. The molecule has 2 unspecified atom stereocenters. The number of ether oxygens (including phenoxy) is 1. The molecule has 1 saturated heterocycles. The number of nitrogens with zero attached hydrogens (tertiary/aromatic N) is 3. The van der Waals surface area contributed by atoms with Crippen LogP contribution in [0.15, 0.2) is 23.7 Å². The third-order valence-corrected chi connectivity index (χ3v) is 8.86. The fourth-order valence-corrected chi connectivity index (χ4v) is 6.55. The maximum atomic E-state index is 15.2. The molecule has 2 aliphatic heterocycles. The van der Waals surface area contributed by atoms with Gasteiger partial charge in [-0.15, -0.1) is 11.6 Å². The minimum atomic E-state index is -5.79. The number of phosphoric ester groups is 1. The van der Waals surface area contributed by atoms with Crippen LogP contribution in [0.2, 0.25) is 0 Å². The number of hydrogen-bond donors (Lipinski definition) is 7. The topological polar surface area (TPSA) is 244 Å². The average molecular weight is 586 g/mol. The molecule has 0 aromatic carbocycles. The van der Waals surface area contributed by atoms with Gasteiger partial charge in [-0.2, -0.15) is 8.62 Å². The van der Waals surface area contributed by atoms with E-state index in [-0.39, 0.29) is 17.3 Å². The van der Waals surface area contributed by atoms with Crippen molar-refractivity contribution < 1.29 is 60.6 Å². The summed E-state index contributed by atoms with van der Waals surface area (Å²) >= 11 is 5.85. The molecule has 1 fully saturated rings. The SMILES string of the molecule is C=C1N=C(NC)c2ncn([C@@H]3O[C@](CCl)(COP(=O)(O)OP(=O)(O)OP(=O)(O)O)[C@@H](O)[C@H]3F)c2N1. The van der Waals surface area contributed by atoms with Gasteiger partial charge in [0.2, 0.25) is 0 Å². The molecule has 0 radical (unpaired) electrons. The molecule has 0 bridgehead atoms. The zero-order valence-electron chi connectivity index (χ0n) is 17.5. The van der Waals surface area contributed by atoms with Crippen LogP contribution in [0.5, 0.6) is 0 Å². The molecule has 1 aromatic heterocycles. The molecule has 22 heteroatoms. The summed E-state index contributed by atoms with van der Waals surface area (Å²) in [6, 6.07) is 0.